The van der Waals surface area contributed by atoms with E-state index in [9.17, 15) is 18.9 Å². The number of carbonyl (C=O) groups is 2. The molecule has 0 aromatic carbocycles. The maximum atomic E-state index is 13.1. The van der Waals surface area contributed by atoms with Gasteiger partial charge in [-0.05, 0) is 31.7 Å². The highest BCUT2D eigenvalue weighted by Gasteiger charge is 2.34. The zero-order valence-electron chi connectivity index (χ0n) is 20.1. The van der Waals surface area contributed by atoms with E-state index in [0.717, 1.165) is 12.8 Å². The summed E-state index contributed by atoms with van der Waals surface area (Å²) in [5.74, 6) is -1.30. The number of carbonyl (C=O) groups excluding carboxylic acids is 2. The van der Waals surface area contributed by atoms with Gasteiger partial charge in [0.2, 0.25) is 0 Å². The molecule has 1 aromatic rings. The number of aromatic nitrogens is 2. The first kappa shape index (κ1) is 29.3. The summed E-state index contributed by atoms with van der Waals surface area (Å²) in [4.78, 5) is 39.6. The van der Waals surface area contributed by atoms with Crippen LogP contribution in [0.3, 0.4) is 0 Å². The van der Waals surface area contributed by atoms with Crippen molar-refractivity contribution in [2.75, 3.05) is 38.8 Å². The minimum atomic E-state index is -4.28. The second kappa shape index (κ2) is 15.2. The lowest BCUT2D eigenvalue weighted by molar-refractivity contribution is -0.147. The van der Waals surface area contributed by atoms with Crippen LogP contribution in [0.2, 0.25) is 0 Å². The van der Waals surface area contributed by atoms with Crippen LogP contribution in [0.1, 0.15) is 57.7 Å². The lowest BCUT2D eigenvalue weighted by Crippen LogP contribution is -2.25. The highest BCUT2D eigenvalue weighted by atomic mass is 32.2. The highest BCUT2D eigenvalue weighted by Crippen LogP contribution is 2.51. The fraction of sp³-hybridized carbons (Fsp3) is 0.714. The number of nitrogens with two attached hydrogens (primary N) is 1. The van der Waals surface area contributed by atoms with Crippen LogP contribution >= 0.6 is 19.6 Å². The van der Waals surface area contributed by atoms with Crippen LogP contribution in [0, 0.1) is 0 Å². The van der Waals surface area contributed by atoms with Crippen molar-refractivity contribution in [2.45, 2.75) is 63.0 Å². The van der Waals surface area contributed by atoms with Gasteiger partial charge in [-0.3, -0.25) is 18.1 Å². The van der Waals surface area contributed by atoms with Gasteiger partial charge in [-0.2, -0.15) is 4.98 Å². The zero-order chi connectivity index (χ0) is 25.7. The molecule has 0 spiro atoms. The van der Waals surface area contributed by atoms with Gasteiger partial charge in [-0.1, -0.05) is 26.7 Å². The number of thioether (sulfide) groups is 1. The molecular weight excluding hydrogens is 501 g/mol. The van der Waals surface area contributed by atoms with Crippen molar-refractivity contribution >= 4 is 37.3 Å². The lowest BCUT2D eigenvalue weighted by atomic mass is 10.2. The number of phosphoric acid groups is 1. The number of hydrogen-bond acceptors (Lipinski definition) is 12. The van der Waals surface area contributed by atoms with Crippen molar-refractivity contribution in [1.29, 1.82) is 0 Å². The summed E-state index contributed by atoms with van der Waals surface area (Å²) in [6, 6.07) is 1.54. The van der Waals surface area contributed by atoms with Crippen molar-refractivity contribution in [1.82, 2.24) is 9.55 Å². The lowest BCUT2D eigenvalue weighted by Gasteiger charge is -2.19. The molecule has 0 saturated carbocycles. The number of phosphoric ester groups is 1. The smallest absolute Gasteiger partial charge is 0.464 e. The van der Waals surface area contributed by atoms with E-state index in [0.29, 0.717) is 25.7 Å². The Kier molecular flexibility index (Phi) is 12.8. The zero-order valence-corrected chi connectivity index (χ0v) is 21.8. The van der Waals surface area contributed by atoms with Gasteiger partial charge in [0.05, 0.1) is 25.2 Å². The average Bonchev–Trinajstić information content (AvgIpc) is 3.29. The van der Waals surface area contributed by atoms with E-state index in [1.807, 2.05) is 13.8 Å². The van der Waals surface area contributed by atoms with Crippen LogP contribution in [-0.2, 0) is 37.2 Å². The summed E-state index contributed by atoms with van der Waals surface area (Å²) in [6.45, 7) is 2.97. The van der Waals surface area contributed by atoms with E-state index in [2.05, 4.69) is 4.98 Å². The maximum absolute atomic E-state index is 13.1. The molecule has 0 bridgehead atoms. The normalized spacial score (nSPS) is 17.9. The third-order valence-corrected chi connectivity index (χ3v) is 7.76. The summed E-state index contributed by atoms with van der Waals surface area (Å²) in [7, 11) is -4.28. The van der Waals surface area contributed by atoms with Gasteiger partial charge < -0.3 is 15.2 Å². The Morgan fingerprint density at radius 1 is 1.09 bits per heavy atom. The Morgan fingerprint density at radius 2 is 1.69 bits per heavy atom. The third-order valence-electron chi connectivity index (χ3n) is 4.87. The number of nitrogens with zero attached hydrogens (tertiary/aromatic N) is 2. The van der Waals surface area contributed by atoms with E-state index in [1.165, 1.54) is 16.3 Å². The highest BCUT2D eigenvalue weighted by molar-refractivity contribution is 8.00. The molecule has 14 heteroatoms. The van der Waals surface area contributed by atoms with E-state index in [4.69, 9.17) is 28.8 Å². The van der Waals surface area contributed by atoms with Gasteiger partial charge in [-0.25, -0.2) is 18.9 Å². The van der Waals surface area contributed by atoms with Crippen molar-refractivity contribution in [3.8, 4) is 0 Å². The van der Waals surface area contributed by atoms with Crippen molar-refractivity contribution in [3.05, 3.63) is 22.7 Å². The Balaban J connectivity index is 1.92. The second-order valence-corrected chi connectivity index (χ2v) is 10.9. The van der Waals surface area contributed by atoms with E-state index in [-0.39, 0.29) is 36.3 Å². The molecule has 1 saturated heterocycles. The van der Waals surface area contributed by atoms with Crippen molar-refractivity contribution in [2.24, 2.45) is 0 Å². The Bertz CT molecular complexity index is 900. The number of ether oxygens (including phenoxy) is 2. The average molecular weight is 536 g/mol. The van der Waals surface area contributed by atoms with Crippen LogP contribution < -0.4 is 11.4 Å². The Morgan fingerprint density at radius 3 is 2.23 bits per heavy atom. The van der Waals surface area contributed by atoms with E-state index >= 15 is 0 Å². The summed E-state index contributed by atoms with van der Waals surface area (Å²) >= 11 is 1.44. The first-order chi connectivity index (χ1) is 16.8. The minimum absolute atomic E-state index is 0.0502. The summed E-state index contributed by atoms with van der Waals surface area (Å²) < 4.78 is 40.3. The molecule has 2 heterocycles. The third kappa shape index (κ3) is 10.7. The molecule has 35 heavy (non-hydrogen) atoms. The number of unbranched alkanes of at least 4 members (excludes halogenated alkanes) is 2. The first-order valence-electron chi connectivity index (χ1n) is 11.6. The van der Waals surface area contributed by atoms with Crippen molar-refractivity contribution < 1.29 is 37.2 Å². The molecule has 2 rings (SSSR count). The van der Waals surface area contributed by atoms with Gasteiger partial charge in [0.15, 0.2) is 13.2 Å². The predicted octanol–water partition coefficient (Wildman–Crippen LogP) is 3.06. The number of nitrogen functional groups attached to an aromatic ring is 1. The number of rotatable bonds is 16. The standard InChI is InChI=1S/C21H34N3O9PS/c1-3-5-11-29-19(25)14-32-34(28,33-15-20(26)30-12-6-4-2)31-13-16-7-8-18(35-16)24-10-9-17(22)23-21(24)27/h9-10,16,18H,3-8,11-15H2,1-2H3,(H2,22,23,27)/t16?,18-/m1/s1. The van der Waals surface area contributed by atoms with Gasteiger partial charge in [0, 0.05) is 11.4 Å². The quantitative estimate of drug-likeness (QED) is 0.188. The fourth-order valence-corrected chi connectivity index (χ4v) is 5.59. The van der Waals surface area contributed by atoms with E-state index in [1.54, 1.807) is 12.3 Å². The van der Waals surface area contributed by atoms with Crippen LogP contribution in [0.15, 0.2) is 17.1 Å². The summed E-state index contributed by atoms with van der Waals surface area (Å²) in [5, 5.41) is -0.328. The molecule has 0 aliphatic carbocycles. The molecule has 0 amide bonds. The molecule has 1 fully saturated rings. The number of esters is 2. The van der Waals surface area contributed by atoms with Gasteiger partial charge in [0.25, 0.3) is 0 Å². The SMILES string of the molecule is CCCCOC(=O)COP(=O)(OCC(=O)OCCCC)OCC1CC[C@H](n2ccc(N)nc2=O)S1. The minimum Gasteiger partial charge on any atom is -0.464 e. The van der Waals surface area contributed by atoms with Crippen LogP contribution in [0.25, 0.3) is 0 Å². The summed E-state index contributed by atoms with van der Waals surface area (Å²) in [5.41, 5.74) is 5.09. The summed E-state index contributed by atoms with van der Waals surface area (Å²) in [6.07, 6.45) is 5.96. The predicted molar refractivity (Wildman–Crippen MR) is 130 cm³/mol. The Hall–Kier alpha value is -1.92. The molecule has 2 atom stereocenters. The first-order valence-corrected chi connectivity index (χ1v) is 14.0. The van der Waals surface area contributed by atoms with Crippen LogP contribution in [0.4, 0.5) is 5.82 Å². The molecule has 1 unspecified atom stereocenters. The molecule has 1 aliphatic heterocycles. The van der Waals surface area contributed by atoms with E-state index < -0.39 is 38.7 Å². The fourth-order valence-electron chi connectivity index (χ4n) is 2.95. The monoisotopic (exact) mass is 535 g/mol. The van der Waals surface area contributed by atoms with Gasteiger partial charge >= 0.3 is 25.5 Å². The molecule has 12 nitrogen and oxygen atoms in total. The molecule has 0 radical (unpaired) electrons. The molecule has 198 valence electrons. The Labute approximate surface area is 208 Å². The second-order valence-electron chi connectivity index (χ2n) is 7.77. The van der Waals surface area contributed by atoms with Crippen LogP contribution in [-0.4, -0.2) is 59.8 Å². The van der Waals surface area contributed by atoms with Gasteiger partial charge in [-0.15, -0.1) is 11.8 Å². The number of hydrogen-bond donors (Lipinski definition) is 1. The molecule has 2 N–H and O–H groups in total. The number of anilines is 1. The topological polar surface area (TPSA) is 158 Å². The largest absolute Gasteiger partial charge is 0.475 e. The molecule has 1 aromatic heterocycles. The van der Waals surface area contributed by atoms with Crippen molar-refractivity contribution in [3.63, 3.8) is 0 Å². The van der Waals surface area contributed by atoms with Crippen LogP contribution in [0.5, 0.6) is 0 Å². The maximum Gasteiger partial charge on any atom is 0.475 e. The molecule has 1 aliphatic rings. The van der Waals surface area contributed by atoms with Gasteiger partial charge in [0.1, 0.15) is 5.82 Å². The molecular formula is C21H34N3O9PS.